The van der Waals surface area contributed by atoms with E-state index >= 15 is 0 Å². The summed E-state index contributed by atoms with van der Waals surface area (Å²) in [7, 11) is 0. The molecule has 0 saturated carbocycles. The summed E-state index contributed by atoms with van der Waals surface area (Å²) in [5, 5.41) is 10.2. The largest absolute Gasteiger partial charge is 0.339 e. The van der Waals surface area contributed by atoms with E-state index < -0.39 is 6.04 Å². The maximum Gasteiger partial charge on any atom is 0.246 e. The zero-order valence-corrected chi connectivity index (χ0v) is 15.8. The quantitative estimate of drug-likeness (QED) is 0.695. The second-order valence-electron chi connectivity index (χ2n) is 7.35. The molecule has 0 aliphatic rings. The van der Waals surface area contributed by atoms with Crippen molar-refractivity contribution < 1.29 is 9.32 Å². The Balaban J connectivity index is 1.74. The van der Waals surface area contributed by atoms with Crippen LogP contribution in [-0.2, 0) is 16.8 Å². The van der Waals surface area contributed by atoms with Gasteiger partial charge in [-0.25, -0.2) is 0 Å². The van der Waals surface area contributed by atoms with Gasteiger partial charge in [-0.05, 0) is 17.7 Å². The van der Waals surface area contributed by atoms with Gasteiger partial charge in [0, 0.05) is 11.1 Å². The highest BCUT2D eigenvalue weighted by atomic mass is 16.5. The Morgan fingerprint density at radius 3 is 2.26 bits per heavy atom. The number of aromatic nitrogens is 2. The zero-order valence-electron chi connectivity index (χ0n) is 15.8. The minimum atomic E-state index is -0.539. The van der Waals surface area contributed by atoms with Crippen molar-refractivity contribution in [2.45, 2.75) is 38.8 Å². The third kappa shape index (κ3) is 5.01. The second kappa shape index (κ2) is 8.14. The third-order valence-corrected chi connectivity index (χ3v) is 4.01. The number of nitrogens with one attached hydrogen (secondary N) is 2. The first-order valence-corrected chi connectivity index (χ1v) is 8.91. The molecular weight excluding hydrogens is 340 g/mol. The molecule has 27 heavy (non-hydrogen) atoms. The van der Waals surface area contributed by atoms with Gasteiger partial charge in [-0.15, -0.1) is 0 Å². The summed E-state index contributed by atoms with van der Waals surface area (Å²) in [6.07, 6.45) is 0. The number of nitrogens with zero attached hydrogens (tertiary/aromatic N) is 2. The maximum absolute atomic E-state index is 12.9. The molecule has 0 radical (unpaired) electrons. The highest BCUT2D eigenvalue weighted by Crippen LogP contribution is 2.20. The second-order valence-corrected chi connectivity index (χ2v) is 7.35. The van der Waals surface area contributed by atoms with Gasteiger partial charge in [0.05, 0.1) is 6.54 Å². The Hall–Kier alpha value is -2.99. The van der Waals surface area contributed by atoms with E-state index in [4.69, 9.17) is 4.52 Å². The summed E-state index contributed by atoms with van der Waals surface area (Å²) in [6.45, 7) is 6.36. The molecule has 0 aliphatic heterocycles. The molecule has 3 aromatic rings. The third-order valence-electron chi connectivity index (χ3n) is 4.01. The van der Waals surface area contributed by atoms with E-state index in [2.05, 4.69) is 20.8 Å². The first-order valence-electron chi connectivity index (χ1n) is 8.91. The van der Waals surface area contributed by atoms with E-state index in [-0.39, 0.29) is 11.3 Å². The van der Waals surface area contributed by atoms with Gasteiger partial charge in [-0.3, -0.25) is 10.1 Å². The molecule has 1 amide bonds. The molecule has 6 heteroatoms. The molecule has 2 N–H and O–H groups in total. The normalized spacial score (nSPS) is 12.6. The number of amides is 1. The summed E-state index contributed by atoms with van der Waals surface area (Å²) in [4.78, 5) is 17.3. The van der Waals surface area contributed by atoms with E-state index in [1.54, 1.807) is 0 Å². The Morgan fingerprint density at radius 2 is 1.67 bits per heavy atom. The van der Waals surface area contributed by atoms with E-state index in [1.165, 1.54) is 0 Å². The Morgan fingerprint density at radius 1 is 1.04 bits per heavy atom. The predicted molar refractivity (Wildman–Crippen MR) is 104 cm³/mol. The minimum absolute atomic E-state index is 0.146. The van der Waals surface area contributed by atoms with Crippen molar-refractivity contribution in [2.75, 3.05) is 5.32 Å². The lowest BCUT2D eigenvalue weighted by atomic mass is 9.97. The van der Waals surface area contributed by atoms with Gasteiger partial charge >= 0.3 is 0 Å². The SMILES string of the molecule is CC(C)(C)c1nc(CN[C@H](C(=O)Nc2ccccc2)c2ccccc2)no1. The maximum atomic E-state index is 12.9. The molecule has 0 spiro atoms. The Bertz CT molecular complexity index is 870. The van der Waals surface area contributed by atoms with Crippen molar-refractivity contribution in [1.82, 2.24) is 15.5 Å². The Labute approximate surface area is 159 Å². The fourth-order valence-corrected chi connectivity index (χ4v) is 2.57. The van der Waals surface area contributed by atoms with Gasteiger partial charge in [0.2, 0.25) is 11.8 Å². The minimum Gasteiger partial charge on any atom is -0.339 e. The number of hydrogen-bond donors (Lipinski definition) is 2. The molecule has 0 bridgehead atoms. The number of carbonyl (C=O) groups excluding carboxylic acids is 1. The molecule has 1 aromatic heterocycles. The predicted octanol–water partition coefficient (Wildman–Crippen LogP) is 3.84. The van der Waals surface area contributed by atoms with E-state index in [0.29, 0.717) is 18.3 Å². The van der Waals surface area contributed by atoms with E-state index in [1.807, 2.05) is 81.4 Å². The summed E-state index contributed by atoms with van der Waals surface area (Å²) < 4.78 is 5.32. The summed E-state index contributed by atoms with van der Waals surface area (Å²) in [5.74, 6) is 0.949. The molecular formula is C21H24N4O2. The van der Waals surface area contributed by atoms with Crippen LogP contribution in [0.4, 0.5) is 5.69 Å². The molecule has 140 valence electrons. The lowest BCUT2D eigenvalue weighted by Crippen LogP contribution is -2.33. The number of benzene rings is 2. The van der Waals surface area contributed by atoms with Crippen LogP contribution in [0.1, 0.15) is 44.1 Å². The van der Waals surface area contributed by atoms with E-state index in [9.17, 15) is 4.79 Å². The van der Waals surface area contributed by atoms with Gasteiger partial charge in [0.15, 0.2) is 5.82 Å². The molecule has 2 aromatic carbocycles. The molecule has 1 heterocycles. The van der Waals surface area contributed by atoms with Gasteiger partial charge in [0.1, 0.15) is 6.04 Å². The van der Waals surface area contributed by atoms with Crippen molar-refractivity contribution in [2.24, 2.45) is 0 Å². The monoisotopic (exact) mass is 364 g/mol. The molecule has 6 nitrogen and oxygen atoms in total. The number of rotatable bonds is 6. The summed E-state index contributed by atoms with van der Waals surface area (Å²) in [6, 6.07) is 18.4. The molecule has 3 rings (SSSR count). The van der Waals surface area contributed by atoms with Gasteiger partial charge in [-0.2, -0.15) is 4.98 Å². The highest BCUT2D eigenvalue weighted by Gasteiger charge is 2.24. The van der Waals surface area contributed by atoms with Crippen LogP contribution in [-0.4, -0.2) is 16.0 Å². The molecule has 1 atom stereocenters. The van der Waals surface area contributed by atoms with Crippen LogP contribution in [0, 0.1) is 0 Å². The van der Waals surface area contributed by atoms with Gasteiger partial charge in [0.25, 0.3) is 0 Å². The van der Waals surface area contributed by atoms with Gasteiger partial charge in [-0.1, -0.05) is 74.5 Å². The topological polar surface area (TPSA) is 80.0 Å². The van der Waals surface area contributed by atoms with Crippen LogP contribution in [0.15, 0.2) is 65.2 Å². The van der Waals surface area contributed by atoms with Crippen molar-refractivity contribution in [3.05, 3.63) is 77.9 Å². The first kappa shape index (κ1) is 18.8. The molecule has 0 fully saturated rings. The van der Waals surface area contributed by atoms with Crippen molar-refractivity contribution in [1.29, 1.82) is 0 Å². The van der Waals surface area contributed by atoms with E-state index in [0.717, 1.165) is 11.3 Å². The molecule has 0 aliphatic carbocycles. The average molecular weight is 364 g/mol. The number of para-hydroxylation sites is 1. The van der Waals surface area contributed by atoms with Crippen molar-refractivity contribution in [3.63, 3.8) is 0 Å². The fourth-order valence-electron chi connectivity index (χ4n) is 2.57. The number of anilines is 1. The van der Waals surface area contributed by atoms with Crippen LogP contribution >= 0.6 is 0 Å². The molecule has 0 unspecified atom stereocenters. The van der Waals surface area contributed by atoms with Crippen LogP contribution in [0.25, 0.3) is 0 Å². The van der Waals surface area contributed by atoms with Crippen LogP contribution in [0.2, 0.25) is 0 Å². The smallest absolute Gasteiger partial charge is 0.246 e. The van der Waals surface area contributed by atoms with Crippen LogP contribution < -0.4 is 10.6 Å². The lowest BCUT2D eigenvalue weighted by Gasteiger charge is -2.18. The number of carbonyl (C=O) groups is 1. The number of hydrogen-bond acceptors (Lipinski definition) is 5. The molecule has 0 saturated heterocycles. The van der Waals surface area contributed by atoms with Crippen LogP contribution in [0.3, 0.4) is 0 Å². The Kier molecular flexibility index (Phi) is 5.66. The standard InChI is InChI=1S/C21H24N4O2/c1-21(2,3)20-24-17(25-27-20)14-22-18(15-10-6-4-7-11-15)19(26)23-16-12-8-5-9-13-16/h4-13,18,22H,14H2,1-3H3,(H,23,26)/t18-/m0/s1. The highest BCUT2D eigenvalue weighted by molar-refractivity contribution is 5.95. The summed E-state index contributed by atoms with van der Waals surface area (Å²) in [5.41, 5.74) is 1.40. The van der Waals surface area contributed by atoms with Gasteiger partial charge < -0.3 is 9.84 Å². The summed E-state index contributed by atoms with van der Waals surface area (Å²) >= 11 is 0. The first-order chi connectivity index (χ1) is 12.9. The zero-order chi connectivity index (χ0) is 19.3. The van der Waals surface area contributed by atoms with Crippen molar-refractivity contribution in [3.8, 4) is 0 Å². The van der Waals surface area contributed by atoms with Crippen molar-refractivity contribution >= 4 is 11.6 Å². The fraction of sp³-hybridized carbons (Fsp3) is 0.286. The lowest BCUT2D eigenvalue weighted by molar-refractivity contribution is -0.118. The van der Waals surface area contributed by atoms with Crippen LogP contribution in [0.5, 0.6) is 0 Å². The average Bonchev–Trinajstić information content (AvgIpc) is 3.13.